The Labute approximate surface area is 111 Å². The van der Waals surface area contributed by atoms with Crippen LogP contribution in [0.2, 0.25) is 0 Å². The van der Waals surface area contributed by atoms with E-state index < -0.39 is 11.3 Å². The molecular formula is C12H16N2O3S. The largest absolute Gasteiger partial charge is 0.508 e. The Morgan fingerprint density at radius 3 is 2.61 bits per heavy atom. The molecule has 1 rings (SSSR count). The van der Waals surface area contributed by atoms with Crippen molar-refractivity contribution in [3.63, 3.8) is 0 Å². The third kappa shape index (κ3) is 3.33. The van der Waals surface area contributed by atoms with E-state index in [1.165, 1.54) is 18.2 Å². The predicted octanol–water partition coefficient (Wildman–Crippen LogP) is 1.14. The Morgan fingerprint density at radius 2 is 2.06 bits per heavy atom. The fourth-order valence-corrected chi connectivity index (χ4v) is 1.26. The Bertz CT molecular complexity index is 486. The van der Waals surface area contributed by atoms with Crippen LogP contribution in [-0.4, -0.2) is 27.7 Å². The number of hydrogen-bond acceptors (Lipinski definition) is 4. The van der Waals surface area contributed by atoms with E-state index >= 15 is 0 Å². The number of aromatic hydroxyl groups is 2. The maximum Gasteiger partial charge on any atom is 0.255 e. The van der Waals surface area contributed by atoms with Crippen LogP contribution in [0.5, 0.6) is 11.5 Å². The van der Waals surface area contributed by atoms with Crippen molar-refractivity contribution in [2.45, 2.75) is 13.8 Å². The monoisotopic (exact) mass is 268 g/mol. The van der Waals surface area contributed by atoms with Gasteiger partial charge in [-0.05, 0) is 18.2 Å². The number of carbonyl (C=O) groups excluding carboxylic acids is 1. The molecule has 0 aliphatic carbocycles. The lowest BCUT2D eigenvalue weighted by molar-refractivity contribution is 0.0942. The lowest BCUT2D eigenvalue weighted by Gasteiger charge is -2.23. The molecule has 0 unspecified atom stereocenters. The van der Waals surface area contributed by atoms with Crippen LogP contribution >= 0.6 is 12.2 Å². The van der Waals surface area contributed by atoms with Crippen molar-refractivity contribution in [3.05, 3.63) is 23.8 Å². The summed E-state index contributed by atoms with van der Waals surface area (Å²) >= 11 is 4.88. The van der Waals surface area contributed by atoms with E-state index in [1.54, 1.807) is 13.8 Å². The number of rotatable bonds is 4. The molecule has 0 bridgehead atoms. The number of nitrogens with two attached hydrogens (primary N) is 1. The number of nitrogens with one attached hydrogen (secondary N) is 1. The third-order valence-corrected chi connectivity index (χ3v) is 3.14. The molecule has 0 aliphatic rings. The van der Waals surface area contributed by atoms with Crippen molar-refractivity contribution in [3.8, 4) is 11.5 Å². The van der Waals surface area contributed by atoms with Gasteiger partial charge in [-0.1, -0.05) is 26.1 Å². The molecular weight excluding hydrogens is 252 g/mol. The van der Waals surface area contributed by atoms with Crippen LogP contribution in [0.3, 0.4) is 0 Å². The van der Waals surface area contributed by atoms with Crippen LogP contribution in [0, 0.1) is 5.41 Å². The molecule has 0 atom stereocenters. The SMILES string of the molecule is CC(C)(CNC(=O)c1cc(O)ccc1O)C(N)=S. The highest BCUT2D eigenvalue weighted by Crippen LogP contribution is 2.22. The van der Waals surface area contributed by atoms with E-state index in [-0.39, 0.29) is 23.6 Å². The minimum atomic E-state index is -0.516. The Kier molecular flexibility index (Phi) is 4.13. The summed E-state index contributed by atoms with van der Waals surface area (Å²) < 4.78 is 0. The quantitative estimate of drug-likeness (QED) is 0.485. The van der Waals surface area contributed by atoms with Crippen LogP contribution < -0.4 is 11.1 Å². The maximum absolute atomic E-state index is 11.8. The standard InChI is InChI=1S/C12H16N2O3S/c1-12(2,11(13)18)6-14-10(17)8-5-7(15)3-4-9(8)16/h3-5,15-16H,6H2,1-2H3,(H2,13,18)(H,14,17). The van der Waals surface area contributed by atoms with Gasteiger partial charge in [0.1, 0.15) is 11.5 Å². The first-order valence-electron chi connectivity index (χ1n) is 5.34. The molecule has 18 heavy (non-hydrogen) atoms. The van der Waals surface area contributed by atoms with Gasteiger partial charge < -0.3 is 21.3 Å². The summed E-state index contributed by atoms with van der Waals surface area (Å²) in [7, 11) is 0. The minimum Gasteiger partial charge on any atom is -0.508 e. The minimum absolute atomic E-state index is 0.00809. The van der Waals surface area contributed by atoms with Crippen molar-refractivity contribution < 1.29 is 15.0 Å². The molecule has 1 amide bonds. The molecule has 5 N–H and O–H groups in total. The smallest absolute Gasteiger partial charge is 0.255 e. The van der Waals surface area contributed by atoms with Crippen molar-refractivity contribution in [2.24, 2.45) is 11.1 Å². The van der Waals surface area contributed by atoms with E-state index in [9.17, 15) is 15.0 Å². The zero-order valence-electron chi connectivity index (χ0n) is 10.2. The summed E-state index contributed by atoms with van der Waals surface area (Å²) in [5.41, 5.74) is 5.03. The molecule has 1 aromatic rings. The molecule has 0 fully saturated rings. The number of phenols is 2. The molecule has 0 radical (unpaired) electrons. The summed E-state index contributed by atoms with van der Waals surface area (Å²) in [6, 6.07) is 3.74. The zero-order valence-corrected chi connectivity index (χ0v) is 11.0. The molecule has 0 saturated heterocycles. The second kappa shape index (κ2) is 5.22. The number of thiocarbonyl (C=S) groups is 1. The van der Waals surface area contributed by atoms with Crippen molar-refractivity contribution in [1.82, 2.24) is 5.32 Å². The lowest BCUT2D eigenvalue weighted by Crippen LogP contribution is -2.41. The number of amides is 1. The van der Waals surface area contributed by atoms with E-state index in [4.69, 9.17) is 18.0 Å². The van der Waals surface area contributed by atoms with Gasteiger partial charge in [-0.3, -0.25) is 4.79 Å². The zero-order chi connectivity index (χ0) is 13.9. The number of hydrogen-bond donors (Lipinski definition) is 4. The van der Waals surface area contributed by atoms with Crippen LogP contribution in [0.15, 0.2) is 18.2 Å². The van der Waals surface area contributed by atoms with Gasteiger partial charge >= 0.3 is 0 Å². The van der Waals surface area contributed by atoms with Crippen LogP contribution in [0.1, 0.15) is 24.2 Å². The summed E-state index contributed by atoms with van der Waals surface area (Å²) in [6.45, 7) is 3.85. The molecule has 5 nitrogen and oxygen atoms in total. The van der Waals surface area contributed by atoms with Gasteiger partial charge in [0.2, 0.25) is 0 Å². The van der Waals surface area contributed by atoms with Crippen molar-refractivity contribution in [1.29, 1.82) is 0 Å². The van der Waals surface area contributed by atoms with Crippen LogP contribution in [-0.2, 0) is 0 Å². The van der Waals surface area contributed by atoms with Gasteiger partial charge in [0.25, 0.3) is 5.91 Å². The van der Waals surface area contributed by atoms with E-state index in [0.29, 0.717) is 4.99 Å². The highest BCUT2D eigenvalue weighted by Gasteiger charge is 2.23. The van der Waals surface area contributed by atoms with Gasteiger partial charge in [-0.25, -0.2) is 0 Å². The normalized spacial score (nSPS) is 11.0. The Morgan fingerprint density at radius 1 is 1.44 bits per heavy atom. The van der Waals surface area contributed by atoms with E-state index in [1.807, 2.05) is 0 Å². The van der Waals surface area contributed by atoms with Crippen molar-refractivity contribution >= 4 is 23.1 Å². The Hall–Kier alpha value is -1.82. The highest BCUT2D eigenvalue weighted by molar-refractivity contribution is 7.80. The maximum atomic E-state index is 11.8. The van der Waals surface area contributed by atoms with E-state index in [0.717, 1.165) is 0 Å². The van der Waals surface area contributed by atoms with Gasteiger partial charge in [-0.2, -0.15) is 0 Å². The number of carbonyl (C=O) groups is 1. The molecule has 0 heterocycles. The van der Waals surface area contributed by atoms with E-state index in [2.05, 4.69) is 5.32 Å². The molecule has 0 saturated carbocycles. The average molecular weight is 268 g/mol. The van der Waals surface area contributed by atoms with Gasteiger partial charge in [0, 0.05) is 12.0 Å². The second-order valence-electron chi connectivity index (χ2n) is 4.63. The summed E-state index contributed by atoms with van der Waals surface area (Å²) in [5.74, 6) is -0.780. The predicted molar refractivity (Wildman–Crippen MR) is 72.7 cm³/mol. The number of phenolic OH excluding ortho intramolecular Hbond substituents is 2. The van der Waals surface area contributed by atoms with Crippen LogP contribution in [0.25, 0.3) is 0 Å². The molecule has 0 spiro atoms. The summed E-state index contributed by atoms with van der Waals surface area (Å²) in [4.78, 5) is 12.1. The first-order valence-corrected chi connectivity index (χ1v) is 5.75. The first-order chi connectivity index (χ1) is 8.24. The van der Waals surface area contributed by atoms with Crippen LogP contribution in [0.4, 0.5) is 0 Å². The summed E-state index contributed by atoms with van der Waals surface area (Å²) in [5, 5.41) is 21.4. The fourth-order valence-electron chi connectivity index (χ4n) is 1.19. The number of benzene rings is 1. The molecule has 98 valence electrons. The van der Waals surface area contributed by atoms with Gasteiger partial charge in [-0.15, -0.1) is 0 Å². The molecule has 0 aliphatic heterocycles. The molecule has 1 aromatic carbocycles. The van der Waals surface area contributed by atoms with Gasteiger partial charge in [0.05, 0.1) is 10.6 Å². The fraction of sp³-hybridized carbons (Fsp3) is 0.333. The third-order valence-electron chi connectivity index (χ3n) is 2.58. The Balaban J connectivity index is 2.78. The topological polar surface area (TPSA) is 95.6 Å². The van der Waals surface area contributed by atoms with Gasteiger partial charge in [0.15, 0.2) is 0 Å². The van der Waals surface area contributed by atoms with Crippen molar-refractivity contribution in [2.75, 3.05) is 6.54 Å². The molecule has 6 heteroatoms. The first kappa shape index (κ1) is 14.2. The second-order valence-corrected chi connectivity index (χ2v) is 5.07. The average Bonchev–Trinajstić information content (AvgIpc) is 2.29. The summed E-state index contributed by atoms with van der Waals surface area (Å²) in [6.07, 6.45) is 0. The lowest BCUT2D eigenvalue weighted by atomic mass is 9.93. The molecule has 0 aromatic heterocycles. The highest BCUT2D eigenvalue weighted by atomic mass is 32.1.